The molecule has 1 saturated carbocycles. The summed E-state index contributed by atoms with van der Waals surface area (Å²) >= 11 is 0. The summed E-state index contributed by atoms with van der Waals surface area (Å²) in [6.07, 6.45) is 3.41. The molecule has 2 fully saturated rings. The van der Waals surface area contributed by atoms with E-state index < -0.39 is 45.0 Å². The molecule has 0 amide bonds. The molecule has 1 heterocycles. The van der Waals surface area contributed by atoms with Gasteiger partial charge in [0.1, 0.15) is 17.7 Å². The molecular weight excluding hydrogens is 340 g/mol. The van der Waals surface area contributed by atoms with Crippen LogP contribution in [0.2, 0.25) is 0 Å². The molecule has 1 aliphatic heterocycles. The minimum atomic E-state index is -4.15. The third-order valence-electron chi connectivity index (χ3n) is 5.02. The number of carboxylic acid groups (broad SMARTS) is 1. The van der Waals surface area contributed by atoms with E-state index in [1.165, 1.54) is 0 Å². The fraction of sp³-hybridized carbons (Fsp3) is 0.562. The summed E-state index contributed by atoms with van der Waals surface area (Å²) in [6, 6.07) is 1.61. The van der Waals surface area contributed by atoms with Gasteiger partial charge in [-0.1, -0.05) is 18.9 Å². The zero-order chi connectivity index (χ0) is 17.5. The Balaban J connectivity index is 1.95. The molecule has 5 nitrogen and oxygen atoms in total. The highest BCUT2D eigenvalue weighted by atomic mass is 32.2. The third kappa shape index (κ3) is 3.04. The van der Waals surface area contributed by atoms with Crippen molar-refractivity contribution in [3.8, 4) is 0 Å². The fourth-order valence-corrected chi connectivity index (χ4v) is 6.00. The van der Waals surface area contributed by atoms with E-state index in [9.17, 15) is 27.1 Å². The van der Waals surface area contributed by atoms with E-state index >= 15 is 0 Å². The van der Waals surface area contributed by atoms with E-state index in [1.54, 1.807) is 0 Å². The van der Waals surface area contributed by atoms with E-state index in [4.69, 9.17) is 0 Å². The molecular formula is C16H19F2NO4S. The number of hydrogen-bond acceptors (Lipinski definition) is 3. The van der Waals surface area contributed by atoms with Crippen LogP contribution < -0.4 is 0 Å². The lowest BCUT2D eigenvalue weighted by molar-refractivity contribution is -0.141. The number of benzene rings is 1. The first-order chi connectivity index (χ1) is 11.3. The molecule has 1 aromatic carbocycles. The molecule has 8 heteroatoms. The smallest absolute Gasteiger partial charge is 0.322 e. The van der Waals surface area contributed by atoms with Crippen LogP contribution in [0.1, 0.15) is 37.7 Å². The van der Waals surface area contributed by atoms with Crippen molar-refractivity contribution >= 4 is 16.0 Å². The van der Waals surface area contributed by atoms with E-state index in [-0.39, 0.29) is 18.4 Å². The number of nitrogens with zero attached hydrogens (tertiary/aromatic N) is 1. The van der Waals surface area contributed by atoms with Crippen LogP contribution in [-0.2, 0) is 20.6 Å². The van der Waals surface area contributed by atoms with Crippen LogP contribution in [0.5, 0.6) is 0 Å². The van der Waals surface area contributed by atoms with Crippen molar-refractivity contribution in [2.75, 3.05) is 0 Å². The minimum absolute atomic E-state index is 0.0000854. The van der Waals surface area contributed by atoms with Crippen LogP contribution in [0.15, 0.2) is 18.2 Å². The predicted molar refractivity (Wildman–Crippen MR) is 82.6 cm³/mol. The molecule has 0 spiro atoms. The van der Waals surface area contributed by atoms with Crippen LogP contribution in [0, 0.1) is 17.6 Å². The first-order valence-electron chi connectivity index (χ1n) is 7.98. The van der Waals surface area contributed by atoms with Crippen molar-refractivity contribution in [2.24, 2.45) is 5.92 Å². The van der Waals surface area contributed by atoms with Gasteiger partial charge in [-0.05, 0) is 37.3 Å². The van der Waals surface area contributed by atoms with Gasteiger partial charge in [-0.3, -0.25) is 4.79 Å². The Hall–Kier alpha value is -1.54. The van der Waals surface area contributed by atoms with E-state index in [2.05, 4.69) is 0 Å². The van der Waals surface area contributed by atoms with Crippen LogP contribution in [0.3, 0.4) is 0 Å². The Morgan fingerprint density at radius 3 is 2.46 bits per heavy atom. The number of aliphatic carboxylic acids is 1. The maximum Gasteiger partial charge on any atom is 0.322 e. The zero-order valence-corrected chi connectivity index (χ0v) is 13.8. The average Bonchev–Trinajstić information content (AvgIpc) is 2.92. The molecule has 24 heavy (non-hydrogen) atoms. The maximum atomic E-state index is 13.8. The lowest BCUT2D eigenvalue weighted by Crippen LogP contribution is -2.46. The molecule has 3 rings (SSSR count). The highest BCUT2D eigenvalue weighted by molar-refractivity contribution is 7.88. The van der Waals surface area contributed by atoms with Gasteiger partial charge in [0.2, 0.25) is 10.0 Å². The molecule has 1 aliphatic carbocycles. The van der Waals surface area contributed by atoms with Gasteiger partial charge in [0.25, 0.3) is 0 Å². The largest absolute Gasteiger partial charge is 0.480 e. The molecule has 1 aromatic rings. The number of hydrogen-bond donors (Lipinski definition) is 1. The van der Waals surface area contributed by atoms with Crippen molar-refractivity contribution in [1.82, 2.24) is 4.31 Å². The first kappa shape index (κ1) is 17.3. The number of rotatable bonds is 4. The predicted octanol–water partition coefficient (Wildman–Crippen LogP) is 2.51. The summed E-state index contributed by atoms with van der Waals surface area (Å²) in [7, 11) is -4.15. The average molecular weight is 359 g/mol. The van der Waals surface area contributed by atoms with Crippen LogP contribution in [-0.4, -0.2) is 35.9 Å². The van der Waals surface area contributed by atoms with Gasteiger partial charge < -0.3 is 5.11 Å². The summed E-state index contributed by atoms with van der Waals surface area (Å²) in [5.74, 6) is -3.95. The summed E-state index contributed by atoms with van der Waals surface area (Å²) in [5, 5.41) is 9.42. The third-order valence-corrected chi connectivity index (χ3v) is 6.84. The normalized spacial score (nSPS) is 27.8. The Labute approximate surface area is 139 Å². The van der Waals surface area contributed by atoms with E-state index in [0.717, 1.165) is 41.8 Å². The van der Waals surface area contributed by atoms with Crippen molar-refractivity contribution in [2.45, 2.75) is 49.9 Å². The standard InChI is InChI=1S/C16H19F2NO4S/c17-12-5-3-6-13(18)11(12)9-24(22,23)19-14-7-2-1-4-10(14)8-15(19)16(20)21/h3,5-6,10,14-15H,1-2,4,7-9H2,(H,20,21). The van der Waals surface area contributed by atoms with Gasteiger partial charge in [-0.15, -0.1) is 0 Å². The molecule has 132 valence electrons. The minimum Gasteiger partial charge on any atom is -0.480 e. The molecule has 0 bridgehead atoms. The second-order valence-electron chi connectivity index (χ2n) is 6.49. The quantitative estimate of drug-likeness (QED) is 0.896. The van der Waals surface area contributed by atoms with Gasteiger partial charge in [0.15, 0.2) is 0 Å². The SMILES string of the molecule is O=C(O)C1CC2CCCCC2N1S(=O)(=O)Cc1c(F)cccc1F. The summed E-state index contributed by atoms with van der Waals surface area (Å²) in [5.41, 5.74) is -0.541. The molecule has 2 aliphatic rings. The number of sulfonamides is 1. The van der Waals surface area contributed by atoms with Crippen LogP contribution >= 0.6 is 0 Å². The molecule has 0 radical (unpaired) electrons. The Bertz CT molecular complexity index is 732. The van der Waals surface area contributed by atoms with Gasteiger partial charge in [-0.2, -0.15) is 4.31 Å². The lowest BCUT2D eigenvalue weighted by Gasteiger charge is -2.32. The van der Waals surface area contributed by atoms with Crippen molar-refractivity contribution in [1.29, 1.82) is 0 Å². The Morgan fingerprint density at radius 2 is 1.83 bits per heavy atom. The molecule has 1 saturated heterocycles. The topological polar surface area (TPSA) is 74.7 Å². The molecule has 3 atom stereocenters. The van der Waals surface area contributed by atoms with Crippen molar-refractivity contribution in [3.05, 3.63) is 35.4 Å². The number of halogens is 2. The fourth-order valence-electron chi connectivity index (χ4n) is 3.96. The number of fused-ring (bicyclic) bond motifs is 1. The van der Waals surface area contributed by atoms with Gasteiger partial charge in [0.05, 0.1) is 5.75 Å². The lowest BCUT2D eigenvalue weighted by atomic mass is 9.85. The highest BCUT2D eigenvalue weighted by Gasteiger charge is 2.50. The van der Waals surface area contributed by atoms with Crippen LogP contribution in [0.4, 0.5) is 8.78 Å². The Morgan fingerprint density at radius 1 is 1.21 bits per heavy atom. The number of carbonyl (C=O) groups is 1. The molecule has 0 aromatic heterocycles. The second-order valence-corrected chi connectivity index (χ2v) is 8.36. The Kier molecular flexibility index (Phi) is 4.61. The van der Waals surface area contributed by atoms with E-state index in [0.29, 0.717) is 6.42 Å². The van der Waals surface area contributed by atoms with Crippen LogP contribution in [0.25, 0.3) is 0 Å². The van der Waals surface area contributed by atoms with Gasteiger partial charge in [0, 0.05) is 11.6 Å². The second kappa shape index (κ2) is 6.40. The highest BCUT2D eigenvalue weighted by Crippen LogP contribution is 2.42. The molecule has 1 N–H and O–H groups in total. The zero-order valence-electron chi connectivity index (χ0n) is 13.0. The summed E-state index contributed by atoms with van der Waals surface area (Å²) in [4.78, 5) is 11.5. The monoisotopic (exact) mass is 359 g/mol. The van der Waals surface area contributed by atoms with Gasteiger partial charge >= 0.3 is 5.97 Å². The van der Waals surface area contributed by atoms with Crippen molar-refractivity contribution < 1.29 is 27.1 Å². The summed E-state index contributed by atoms with van der Waals surface area (Å²) in [6.45, 7) is 0. The van der Waals surface area contributed by atoms with E-state index in [1.807, 2.05) is 0 Å². The molecule has 3 unspecified atom stereocenters. The summed E-state index contributed by atoms with van der Waals surface area (Å²) < 4.78 is 54.3. The number of carboxylic acids is 1. The van der Waals surface area contributed by atoms with Gasteiger partial charge in [-0.25, -0.2) is 17.2 Å². The maximum absolute atomic E-state index is 13.8. The van der Waals surface area contributed by atoms with Crippen molar-refractivity contribution in [3.63, 3.8) is 0 Å². The first-order valence-corrected chi connectivity index (χ1v) is 9.59.